The maximum absolute atomic E-state index is 14.9. The summed E-state index contributed by atoms with van der Waals surface area (Å²) in [6.45, 7) is 14.6. The van der Waals surface area contributed by atoms with E-state index in [0.29, 0.717) is 30.4 Å². The number of ether oxygens (including phenoxy) is 1. The van der Waals surface area contributed by atoms with Crippen LogP contribution in [0.2, 0.25) is 0 Å². The number of nitrogens with one attached hydrogen (secondary N) is 4. The summed E-state index contributed by atoms with van der Waals surface area (Å²) in [5.41, 5.74) is -1.71. The molecule has 3 aliphatic heterocycles. The molecule has 7 N–H and O–H groups in total. The van der Waals surface area contributed by atoms with Crippen molar-refractivity contribution in [2.24, 2.45) is 10.8 Å². The molecule has 0 bridgehead atoms. The highest BCUT2D eigenvalue weighted by atomic mass is 32.1. The molecule has 91 heavy (non-hydrogen) atoms. The van der Waals surface area contributed by atoms with E-state index in [1.165, 1.54) is 26.8 Å². The second kappa shape index (κ2) is 29.3. The molecule has 2 aromatic heterocycles. The standard InChI is InChI=1S/C64H82F2N9O13PS2/c1-38(40-19-21-42(22-20-40)54-39(2)68-37-90-54)69-57(80)46-32-45(76)34-75(46)61(84)55(62(3,4)5)70-51(77)18-14-9-10-15-25-67-52(78)33-53(79)72-26-27-74(47(35-72)59(82)73-28-29-88-48(36-73)41-16-12-11-13-17-41)60(83)56(63(6,7)8)71-58(81)50-31-43-30-44(23-24-49(43)91-50)64(65,66)89(85,86)87/h11-13,16-17,19-24,30-31,37-38,45-48,55-56,76H,9-10,14-15,18,25-29,32-36H2,1-8H3,(H,67,78)(H,69,80)(H,70,77)(H,71,81)(H2,85,86,87)/t38-,45+,46-,47?,48?,55?,56?/m0/s1. The average Bonchev–Trinajstić information content (AvgIpc) is 1.97. The molecule has 3 fully saturated rings. The van der Waals surface area contributed by atoms with Gasteiger partial charge < -0.3 is 60.5 Å². The van der Waals surface area contributed by atoms with Gasteiger partial charge in [-0.25, -0.2) is 4.98 Å². The maximum atomic E-state index is 14.9. The van der Waals surface area contributed by atoms with Gasteiger partial charge in [-0.2, -0.15) is 8.78 Å². The molecule has 0 radical (unpaired) electrons. The SMILES string of the molecule is Cc1ncsc1-c1ccc([C@H](C)NC(=O)[C@@H]2C[C@@H](O)CN2C(=O)C(NC(=O)CCCCCCNC(=O)CC(=O)N2CCN(C(=O)C(NC(=O)c3cc4cc(C(F)(F)P(=O)(O)O)ccc4s3)C(C)(C)C)C(C(=O)N3CCOC(c4ccccc4)C3)C2)C(C)(C)C)cc1. The van der Waals surface area contributed by atoms with Crippen LogP contribution in [0.4, 0.5) is 8.78 Å². The molecule has 7 atom stereocenters. The number of piperazine rings is 1. The van der Waals surface area contributed by atoms with Crippen LogP contribution in [0, 0.1) is 17.8 Å². The Morgan fingerprint density at radius 2 is 1.43 bits per heavy atom. The zero-order valence-corrected chi connectivity index (χ0v) is 54.9. The number of carbonyl (C=O) groups is 8. The molecule has 5 heterocycles. The summed E-state index contributed by atoms with van der Waals surface area (Å²) in [6.07, 6.45) is 0.410. The first-order chi connectivity index (χ1) is 42.8. The zero-order valence-electron chi connectivity index (χ0n) is 52.4. The van der Waals surface area contributed by atoms with Crippen molar-refractivity contribution in [1.29, 1.82) is 0 Å². The average molecular weight is 1320 g/mol. The van der Waals surface area contributed by atoms with Crippen LogP contribution in [-0.4, -0.2) is 169 Å². The molecule has 22 nitrogen and oxygen atoms in total. The van der Waals surface area contributed by atoms with Gasteiger partial charge in [0.1, 0.15) is 36.7 Å². The molecule has 8 amide bonds. The van der Waals surface area contributed by atoms with Gasteiger partial charge in [0.25, 0.3) is 5.91 Å². The molecule has 0 aliphatic carbocycles. The lowest BCUT2D eigenvalue weighted by molar-refractivity contribution is -0.158. The Morgan fingerprint density at radius 1 is 0.758 bits per heavy atom. The number of fused-ring (bicyclic) bond motifs is 1. The van der Waals surface area contributed by atoms with Crippen molar-refractivity contribution in [1.82, 2.24) is 45.9 Å². The lowest BCUT2D eigenvalue weighted by atomic mass is 9.85. The molecule has 5 aromatic rings. The van der Waals surface area contributed by atoms with E-state index in [2.05, 4.69) is 26.3 Å². The second-order valence-electron chi connectivity index (χ2n) is 25.7. The number of thiophene rings is 1. The van der Waals surface area contributed by atoms with Gasteiger partial charge in [0, 0.05) is 55.8 Å². The number of rotatable bonds is 22. The van der Waals surface area contributed by atoms with Crippen LogP contribution < -0.4 is 21.3 Å². The lowest BCUT2D eigenvalue weighted by Crippen LogP contribution is -2.66. The normalized spacial score (nSPS) is 19.4. The van der Waals surface area contributed by atoms with Gasteiger partial charge >= 0.3 is 13.3 Å². The van der Waals surface area contributed by atoms with Crippen molar-refractivity contribution in [2.45, 2.75) is 148 Å². The van der Waals surface area contributed by atoms with Gasteiger partial charge in [-0.3, -0.25) is 42.9 Å². The minimum Gasteiger partial charge on any atom is -0.391 e. The number of hydrogen-bond acceptors (Lipinski definition) is 14. The van der Waals surface area contributed by atoms with Crippen molar-refractivity contribution in [2.75, 3.05) is 52.4 Å². The molecule has 3 aliphatic rings. The Bertz CT molecular complexity index is 3520. The van der Waals surface area contributed by atoms with E-state index in [0.717, 1.165) is 50.7 Å². The van der Waals surface area contributed by atoms with Crippen molar-refractivity contribution in [3.05, 3.63) is 112 Å². The summed E-state index contributed by atoms with van der Waals surface area (Å²) in [7, 11) is -5.88. The quantitative estimate of drug-likeness (QED) is 0.0205. The largest absolute Gasteiger partial charge is 0.399 e. The zero-order chi connectivity index (χ0) is 66.3. The predicted molar refractivity (Wildman–Crippen MR) is 339 cm³/mol. The van der Waals surface area contributed by atoms with Gasteiger partial charge in [0.05, 0.1) is 52.8 Å². The van der Waals surface area contributed by atoms with Crippen molar-refractivity contribution >= 4 is 87.6 Å². The van der Waals surface area contributed by atoms with Gasteiger partial charge in [0.15, 0.2) is 0 Å². The highest BCUT2D eigenvalue weighted by Crippen LogP contribution is 2.59. The first-order valence-corrected chi connectivity index (χ1v) is 33.8. The molecule has 3 aromatic carbocycles. The minimum absolute atomic E-state index is 0.0174. The Balaban J connectivity index is 0.826. The third kappa shape index (κ3) is 17.2. The van der Waals surface area contributed by atoms with E-state index < -0.39 is 120 Å². The summed E-state index contributed by atoms with van der Waals surface area (Å²) < 4.78 is 47.3. The number of benzene rings is 3. The van der Waals surface area contributed by atoms with Crippen molar-refractivity contribution in [3.63, 3.8) is 0 Å². The maximum Gasteiger partial charge on any atom is 0.399 e. The number of carbonyl (C=O) groups excluding carboxylic acids is 8. The summed E-state index contributed by atoms with van der Waals surface area (Å²) in [5.74, 6) is -4.22. The highest BCUT2D eigenvalue weighted by molar-refractivity contribution is 7.52. The smallest absolute Gasteiger partial charge is 0.391 e. The molecule has 8 rings (SSSR count). The van der Waals surface area contributed by atoms with Gasteiger partial charge in [-0.1, -0.05) is 115 Å². The second-order valence-corrected chi connectivity index (χ2v) is 29.3. The number of aliphatic hydroxyl groups excluding tert-OH is 1. The minimum atomic E-state index is -5.88. The number of nitrogens with zero attached hydrogens (tertiary/aromatic N) is 5. The third-order valence-corrected chi connectivity index (χ3v) is 19.8. The van der Waals surface area contributed by atoms with Crippen LogP contribution in [-0.2, 0) is 48.5 Å². The first kappa shape index (κ1) is 69.8. The van der Waals surface area contributed by atoms with Crippen LogP contribution in [0.5, 0.6) is 0 Å². The van der Waals surface area contributed by atoms with Crippen molar-refractivity contribution < 1.29 is 71.3 Å². The van der Waals surface area contributed by atoms with Gasteiger partial charge in [0.2, 0.25) is 41.4 Å². The molecular formula is C64H82F2N9O13PS2. The lowest BCUT2D eigenvalue weighted by Gasteiger charge is -2.45. The Kier molecular flexibility index (Phi) is 22.5. The van der Waals surface area contributed by atoms with E-state index in [9.17, 15) is 66.6 Å². The number of hydrogen-bond donors (Lipinski definition) is 7. The molecule has 0 saturated carbocycles. The Hall–Kier alpha value is -7.06. The molecule has 4 unspecified atom stereocenters. The Morgan fingerprint density at radius 3 is 2.09 bits per heavy atom. The summed E-state index contributed by atoms with van der Waals surface area (Å²) in [6, 6.07) is 16.5. The number of aryl methyl sites for hydroxylation is 1. The van der Waals surface area contributed by atoms with Crippen molar-refractivity contribution in [3.8, 4) is 10.4 Å². The summed E-state index contributed by atoms with van der Waals surface area (Å²) in [5, 5.41) is 22.3. The van der Waals surface area contributed by atoms with E-state index in [1.54, 1.807) is 42.5 Å². The number of amides is 8. The van der Waals surface area contributed by atoms with E-state index >= 15 is 0 Å². The highest BCUT2D eigenvalue weighted by Gasteiger charge is 2.51. The topological polar surface area (TPSA) is 298 Å². The van der Waals surface area contributed by atoms with Crippen LogP contribution in [0.15, 0.2) is 84.4 Å². The number of likely N-dealkylation sites (tertiary alicyclic amines) is 1. The van der Waals surface area contributed by atoms with Crippen LogP contribution in [0.3, 0.4) is 0 Å². The van der Waals surface area contributed by atoms with E-state index in [1.807, 2.05) is 89.2 Å². The molecule has 3 saturated heterocycles. The fourth-order valence-electron chi connectivity index (χ4n) is 11.5. The third-order valence-electron chi connectivity index (χ3n) is 16.7. The number of aromatic nitrogens is 1. The molecule has 0 spiro atoms. The fourth-order valence-corrected chi connectivity index (χ4v) is 13.7. The number of morpholine rings is 1. The number of unbranched alkanes of at least 4 members (excludes halogenated alkanes) is 3. The van der Waals surface area contributed by atoms with Crippen LogP contribution in [0.25, 0.3) is 20.5 Å². The summed E-state index contributed by atoms with van der Waals surface area (Å²) in [4.78, 5) is 142. The molecule has 27 heteroatoms. The van der Waals surface area contributed by atoms with E-state index in [4.69, 9.17) is 4.74 Å². The number of alkyl halides is 2. The number of β-amino-alcohol motifs (C(OH)–C–C–N with tert-alkyl or cyclic N) is 1. The summed E-state index contributed by atoms with van der Waals surface area (Å²) >= 11 is 2.46. The van der Waals surface area contributed by atoms with Crippen LogP contribution in [0.1, 0.15) is 138 Å². The predicted octanol–water partition coefficient (Wildman–Crippen LogP) is 7.17. The van der Waals surface area contributed by atoms with Crippen LogP contribution >= 0.6 is 30.3 Å². The Labute approximate surface area is 536 Å². The molecule has 492 valence electrons. The number of halogens is 2. The van der Waals surface area contributed by atoms with E-state index in [-0.39, 0.29) is 81.4 Å². The number of thiazole rings is 1. The molecular weight excluding hydrogens is 1240 g/mol. The van der Waals surface area contributed by atoms with Gasteiger partial charge in [-0.05, 0) is 77.8 Å². The monoisotopic (exact) mass is 1320 g/mol. The number of aliphatic hydroxyl groups is 1. The van der Waals surface area contributed by atoms with Gasteiger partial charge in [-0.15, -0.1) is 22.7 Å². The first-order valence-electron chi connectivity index (χ1n) is 30.5. The fraction of sp³-hybridized carbons (Fsp3) is 0.516.